The lowest BCUT2D eigenvalue weighted by Crippen LogP contribution is -2.23. The van der Waals surface area contributed by atoms with E-state index in [1.54, 1.807) is 65.5 Å². The van der Waals surface area contributed by atoms with Crippen molar-refractivity contribution in [3.63, 3.8) is 0 Å². The van der Waals surface area contributed by atoms with Gasteiger partial charge in [-0.15, -0.1) is 11.3 Å². The minimum absolute atomic E-state index is 0.0613. The summed E-state index contributed by atoms with van der Waals surface area (Å²) < 4.78 is 12.2. The van der Waals surface area contributed by atoms with E-state index in [1.165, 1.54) is 23.7 Å². The van der Waals surface area contributed by atoms with Gasteiger partial charge in [0.15, 0.2) is 5.16 Å². The molecule has 0 spiro atoms. The first-order valence-corrected chi connectivity index (χ1v) is 13.1. The second-order valence-electron chi connectivity index (χ2n) is 7.95. The number of amides is 1. The zero-order valence-electron chi connectivity index (χ0n) is 19.1. The van der Waals surface area contributed by atoms with E-state index < -0.39 is 0 Å². The lowest BCUT2D eigenvalue weighted by molar-refractivity contribution is -0.113. The van der Waals surface area contributed by atoms with Gasteiger partial charge in [-0.1, -0.05) is 23.4 Å². The van der Waals surface area contributed by atoms with Gasteiger partial charge in [-0.25, -0.2) is 4.98 Å². The average molecular weight is 528 g/mol. The standard InChI is InChI=1S/C25H22ClN3O4S2/c1-32-16-10-11-18(19(12-16)33-2)27-21(30)13-34-25-28-23-22(17-4-3-5-20(17)35-23)24(31)29(25)15-8-6-14(26)7-9-15/h6-12H,3-5,13H2,1-2H3,(H,27,30). The maximum absolute atomic E-state index is 13.7. The first-order valence-electron chi connectivity index (χ1n) is 11.0. The van der Waals surface area contributed by atoms with Gasteiger partial charge >= 0.3 is 0 Å². The Morgan fingerprint density at radius 3 is 2.71 bits per heavy atom. The van der Waals surface area contributed by atoms with Gasteiger partial charge in [0.25, 0.3) is 5.56 Å². The molecule has 1 amide bonds. The number of thiophene rings is 1. The van der Waals surface area contributed by atoms with Gasteiger partial charge < -0.3 is 14.8 Å². The van der Waals surface area contributed by atoms with Crippen molar-refractivity contribution in [1.29, 1.82) is 0 Å². The van der Waals surface area contributed by atoms with Crippen LogP contribution in [0.4, 0.5) is 5.69 Å². The number of rotatable bonds is 7. The third kappa shape index (κ3) is 4.63. The predicted octanol–water partition coefficient (Wildman–Crippen LogP) is 5.34. The van der Waals surface area contributed by atoms with E-state index >= 15 is 0 Å². The van der Waals surface area contributed by atoms with Crippen molar-refractivity contribution in [2.75, 3.05) is 25.3 Å². The number of hydrogen-bond donors (Lipinski definition) is 1. The molecule has 7 nitrogen and oxygen atoms in total. The number of hydrogen-bond acceptors (Lipinski definition) is 7. The third-order valence-electron chi connectivity index (χ3n) is 5.81. The average Bonchev–Trinajstić information content (AvgIpc) is 3.45. The molecule has 0 aliphatic heterocycles. The van der Waals surface area contributed by atoms with Crippen LogP contribution in [0.15, 0.2) is 52.4 Å². The van der Waals surface area contributed by atoms with E-state index in [9.17, 15) is 9.59 Å². The summed E-state index contributed by atoms with van der Waals surface area (Å²) >= 11 is 8.87. The Hall–Kier alpha value is -3.01. The number of carbonyl (C=O) groups is 1. The number of carbonyl (C=O) groups excluding carboxylic acids is 1. The minimum atomic E-state index is -0.246. The quantitative estimate of drug-likeness (QED) is 0.258. The molecule has 180 valence electrons. The number of ether oxygens (including phenoxy) is 2. The number of anilines is 1. The number of methoxy groups -OCH3 is 2. The Morgan fingerprint density at radius 1 is 1.17 bits per heavy atom. The molecule has 35 heavy (non-hydrogen) atoms. The minimum Gasteiger partial charge on any atom is -0.497 e. The predicted molar refractivity (Wildman–Crippen MR) is 141 cm³/mol. The van der Waals surface area contributed by atoms with Crippen LogP contribution in [0.1, 0.15) is 16.9 Å². The summed E-state index contributed by atoms with van der Waals surface area (Å²) in [5, 5.41) is 4.59. The molecule has 2 aromatic carbocycles. The molecule has 0 bridgehead atoms. The molecule has 0 radical (unpaired) electrons. The fourth-order valence-corrected chi connectivity index (χ4v) is 6.40. The second kappa shape index (κ2) is 9.93. The van der Waals surface area contributed by atoms with E-state index in [0.717, 1.165) is 29.7 Å². The smallest absolute Gasteiger partial charge is 0.267 e. The van der Waals surface area contributed by atoms with Crippen molar-refractivity contribution >= 4 is 56.5 Å². The van der Waals surface area contributed by atoms with Gasteiger partial charge in [-0.05, 0) is 61.2 Å². The van der Waals surface area contributed by atoms with Crippen LogP contribution < -0.4 is 20.3 Å². The zero-order valence-corrected chi connectivity index (χ0v) is 21.5. The van der Waals surface area contributed by atoms with Crippen LogP contribution in [0.3, 0.4) is 0 Å². The Balaban J connectivity index is 1.47. The lowest BCUT2D eigenvalue weighted by atomic mass is 10.2. The highest BCUT2D eigenvalue weighted by Crippen LogP contribution is 2.36. The maximum atomic E-state index is 13.7. The largest absolute Gasteiger partial charge is 0.497 e. The van der Waals surface area contributed by atoms with Crippen LogP contribution in [-0.4, -0.2) is 35.4 Å². The molecule has 2 aromatic heterocycles. The van der Waals surface area contributed by atoms with Crippen LogP contribution in [0.5, 0.6) is 11.5 Å². The molecule has 2 heterocycles. The molecule has 4 aromatic rings. The first kappa shape index (κ1) is 23.7. The fraction of sp³-hybridized carbons (Fsp3) is 0.240. The van der Waals surface area contributed by atoms with Crippen LogP contribution in [-0.2, 0) is 17.6 Å². The number of nitrogens with zero attached hydrogens (tertiary/aromatic N) is 2. The highest BCUT2D eigenvalue weighted by Gasteiger charge is 2.24. The number of aromatic nitrogens is 2. The van der Waals surface area contributed by atoms with E-state index in [4.69, 9.17) is 26.1 Å². The lowest BCUT2D eigenvalue weighted by Gasteiger charge is -2.14. The molecule has 1 aliphatic carbocycles. The number of thioether (sulfide) groups is 1. The SMILES string of the molecule is COc1ccc(NC(=O)CSc2nc3sc4c(c3c(=O)n2-c2ccc(Cl)cc2)CCC4)c(OC)c1. The molecule has 1 aliphatic rings. The monoisotopic (exact) mass is 527 g/mol. The molecule has 0 saturated carbocycles. The van der Waals surface area contributed by atoms with Crippen molar-refractivity contribution in [2.24, 2.45) is 0 Å². The summed E-state index contributed by atoms with van der Waals surface area (Å²) in [6, 6.07) is 12.2. The summed E-state index contributed by atoms with van der Waals surface area (Å²) in [6.07, 6.45) is 2.93. The van der Waals surface area contributed by atoms with Gasteiger partial charge in [-0.2, -0.15) is 0 Å². The molecule has 0 atom stereocenters. The van der Waals surface area contributed by atoms with Crippen molar-refractivity contribution < 1.29 is 14.3 Å². The van der Waals surface area contributed by atoms with Crippen LogP contribution in [0.2, 0.25) is 5.02 Å². The van der Waals surface area contributed by atoms with Crippen molar-refractivity contribution in [3.8, 4) is 17.2 Å². The number of benzene rings is 2. The van der Waals surface area contributed by atoms with Gasteiger partial charge in [0.2, 0.25) is 5.91 Å². The number of nitrogens with one attached hydrogen (secondary N) is 1. The van der Waals surface area contributed by atoms with Crippen LogP contribution >= 0.6 is 34.7 Å². The highest BCUT2D eigenvalue weighted by molar-refractivity contribution is 7.99. The molecule has 1 N–H and O–H groups in total. The Kier molecular flexibility index (Phi) is 6.73. The van der Waals surface area contributed by atoms with Crippen molar-refractivity contribution in [3.05, 3.63) is 68.3 Å². The molecule has 0 fully saturated rings. The summed E-state index contributed by atoms with van der Waals surface area (Å²) in [6.45, 7) is 0. The maximum Gasteiger partial charge on any atom is 0.267 e. The summed E-state index contributed by atoms with van der Waals surface area (Å²) in [4.78, 5) is 33.3. The van der Waals surface area contributed by atoms with E-state index in [-0.39, 0.29) is 17.2 Å². The second-order valence-corrected chi connectivity index (χ2v) is 10.4. The normalized spacial score (nSPS) is 12.5. The highest BCUT2D eigenvalue weighted by atomic mass is 35.5. The molecule has 0 unspecified atom stereocenters. The Morgan fingerprint density at radius 2 is 1.97 bits per heavy atom. The van der Waals surface area contributed by atoms with Gasteiger partial charge in [0, 0.05) is 16.0 Å². The Bertz CT molecular complexity index is 1480. The van der Waals surface area contributed by atoms with E-state index in [0.29, 0.717) is 38.4 Å². The molecule has 10 heteroatoms. The third-order valence-corrected chi connectivity index (χ3v) is 8.18. The molecule has 5 rings (SSSR count). The Labute approximate surface area is 215 Å². The summed E-state index contributed by atoms with van der Waals surface area (Å²) in [5.74, 6) is 0.935. The zero-order chi connectivity index (χ0) is 24.5. The van der Waals surface area contributed by atoms with E-state index in [1.807, 2.05) is 0 Å². The van der Waals surface area contributed by atoms with Crippen LogP contribution in [0.25, 0.3) is 15.9 Å². The van der Waals surface area contributed by atoms with Crippen LogP contribution in [0, 0.1) is 0 Å². The molecule has 0 saturated heterocycles. The topological polar surface area (TPSA) is 82.5 Å². The van der Waals surface area contributed by atoms with Crippen molar-refractivity contribution in [1.82, 2.24) is 9.55 Å². The fourth-order valence-electron chi connectivity index (χ4n) is 4.16. The van der Waals surface area contributed by atoms with Gasteiger partial charge in [0.1, 0.15) is 16.3 Å². The summed E-state index contributed by atoms with van der Waals surface area (Å²) in [7, 11) is 3.09. The van der Waals surface area contributed by atoms with Crippen molar-refractivity contribution in [2.45, 2.75) is 24.4 Å². The number of aryl methyl sites for hydroxylation is 2. The summed E-state index contributed by atoms with van der Waals surface area (Å²) in [5.41, 5.74) is 2.20. The molecular formula is C25H22ClN3O4S2. The molecular weight excluding hydrogens is 506 g/mol. The number of fused-ring (bicyclic) bond motifs is 3. The van der Waals surface area contributed by atoms with Gasteiger partial charge in [0.05, 0.1) is 36.7 Å². The first-order chi connectivity index (χ1) is 17.0. The van der Waals surface area contributed by atoms with Gasteiger partial charge in [-0.3, -0.25) is 14.2 Å². The van der Waals surface area contributed by atoms with E-state index in [2.05, 4.69) is 5.32 Å². The number of halogens is 1.